The molecule has 25 heavy (non-hydrogen) atoms. The SMILES string of the molecule is C=C/C=C(\C=C)COC(=O)CNC(=O)C(C)NC(=O)c1ccccc1. The number of amides is 2. The zero-order valence-electron chi connectivity index (χ0n) is 14.2. The van der Waals surface area contributed by atoms with E-state index in [4.69, 9.17) is 4.74 Å². The Bertz CT molecular complexity index is 665. The zero-order valence-corrected chi connectivity index (χ0v) is 14.2. The third-order valence-corrected chi connectivity index (χ3v) is 3.18. The summed E-state index contributed by atoms with van der Waals surface area (Å²) in [6.07, 6.45) is 4.78. The Balaban J connectivity index is 2.39. The van der Waals surface area contributed by atoms with Crippen molar-refractivity contribution in [3.8, 4) is 0 Å². The lowest BCUT2D eigenvalue weighted by Gasteiger charge is -2.14. The molecule has 0 fully saturated rings. The maximum atomic E-state index is 12.0. The maximum absolute atomic E-state index is 12.0. The molecule has 0 aromatic heterocycles. The van der Waals surface area contributed by atoms with E-state index >= 15 is 0 Å². The van der Waals surface area contributed by atoms with E-state index in [0.717, 1.165) is 0 Å². The van der Waals surface area contributed by atoms with E-state index in [-0.39, 0.29) is 19.1 Å². The highest BCUT2D eigenvalue weighted by atomic mass is 16.5. The second-order valence-electron chi connectivity index (χ2n) is 5.12. The van der Waals surface area contributed by atoms with Crippen molar-refractivity contribution in [2.45, 2.75) is 13.0 Å². The van der Waals surface area contributed by atoms with Crippen LogP contribution in [0.3, 0.4) is 0 Å². The molecule has 1 aromatic rings. The van der Waals surface area contributed by atoms with Crippen molar-refractivity contribution in [1.82, 2.24) is 10.6 Å². The monoisotopic (exact) mass is 342 g/mol. The number of benzene rings is 1. The fourth-order valence-electron chi connectivity index (χ4n) is 1.79. The van der Waals surface area contributed by atoms with Crippen LogP contribution in [0.1, 0.15) is 17.3 Å². The quantitative estimate of drug-likeness (QED) is 0.529. The summed E-state index contributed by atoms with van der Waals surface area (Å²) in [6, 6.07) is 7.75. The van der Waals surface area contributed by atoms with Crippen LogP contribution in [0.25, 0.3) is 0 Å². The lowest BCUT2D eigenvalue weighted by Crippen LogP contribution is -2.46. The van der Waals surface area contributed by atoms with Crippen LogP contribution in [0, 0.1) is 0 Å². The van der Waals surface area contributed by atoms with Gasteiger partial charge in [0.25, 0.3) is 5.91 Å². The number of nitrogens with one attached hydrogen (secondary N) is 2. The average Bonchev–Trinajstić information content (AvgIpc) is 2.63. The van der Waals surface area contributed by atoms with Gasteiger partial charge in [-0.2, -0.15) is 0 Å². The minimum atomic E-state index is -0.787. The van der Waals surface area contributed by atoms with Gasteiger partial charge >= 0.3 is 5.97 Å². The van der Waals surface area contributed by atoms with Gasteiger partial charge in [-0.25, -0.2) is 0 Å². The fourth-order valence-corrected chi connectivity index (χ4v) is 1.79. The highest BCUT2D eigenvalue weighted by Crippen LogP contribution is 1.99. The molecule has 0 spiro atoms. The second-order valence-corrected chi connectivity index (χ2v) is 5.12. The van der Waals surface area contributed by atoms with Crippen molar-refractivity contribution in [3.63, 3.8) is 0 Å². The molecule has 1 rings (SSSR count). The Kier molecular flexibility index (Phi) is 8.43. The molecular weight excluding hydrogens is 320 g/mol. The Morgan fingerprint density at radius 2 is 1.88 bits per heavy atom. The highest BCUT2D eigenvalue weighted by Gasteiger charge is 2.17. The molecule has 6 nitrogen and oxygen atoms in total. The third kappa shape index (κ3) is 7.30. The average molecular weight is 342 g/mol. The van der Waals surface area contributed by atoms with Crippen molar-refractivity contribution in [2.75, 3.05) is 13.2 Å². The van der Waals surface area contributed by atoms with Gasteiger partial charge in [-0.15, -0.1) is 0 Å². The number of rotatable bonds is 9. The molecule has 2 amide bonds. The van der Waals surface area contributed by atoms with E-state index in [9.17, 15) is 14.4 Å². The Labute approximate surface area is 147 Å². The molecule has 6 heteroatoms. The van der Waals surface area contributed by atoms with E-state index in [1.165, 1.54) is 6.92 Å². The summed E-state index contributed by atoms with van der Waals surface area (Å²) in [7, 11) is 0. The highest BCUT2D eigenvalue weighted by molar-refractivity contribution is 5.97. The molecule has 0 bridgehead atoms. The number of hydrogen-bond acceptors (Lipinski definition) is 4. The van der Waals surface area contributed by atoms with Crippen molar-refractivity contribution in [3.05, 3.63) is 72.9 Å². The third-order valence-electron chi connectivity index (χ3n) is 3.18. The van der Waals surface area contributed by atoms with E-state index < -0.39 is 17.9 Å². The Morgan fingerprint density at radius 3 is 2.48 bits per heavy atom. The standard InChI is InChI=1S/C19H22N2O4/c1-4-9-15(5-2)13-25-17(22)12-20-18(23)14(3)21-19(24)16-10-7-6-8-11-16/h4-11,14H,1-2,12-13H2,3H3,(H,20,23)(H,21,24)/b15-9+. The molecule has 1 aromatic carbocycles. The number of carbonyl (C=O) groups is 3. The first-order chi connectivity index (χ1) is 12.0. The van der Waals surface area contributed by atoms with Crippen LogP contribution in [-0.4, -0.2) is 37.0 Å². The topological polar surface area (TPSA) is 84.5 Å². The van der Waals surface area contributed by atoms with Crippen LogP contribution >= 0.6 is 0 Å². The van der Waals surface area contributed by atoms with Gasteiger partial charge in [0.2, 0.25) is 5.91 Å². The van der Waals surface area contributed by atoms with Crippen molar-refractivity contribution in [2.24, 2.45) is 0 Å². The molecule has 0 saturated heterocycles. The summed E-state index contributed by atoms with van der Waals surface area (Å²) in [6.45, 7) is 8.42. The van der Waals surface area contributed by atoms with Gasteiger partial charge in [-0.3, -0.25) is 14.4 Å². The summed E-state index contributed by atoms with van der Waals surface area (Å²) in [5.41, 5.74) is 1.14. The largest absolute Gasteiger partial charge is 0.460 e. The first-order valence-corrected chi connectivity index (χ1v) is 7.71. The van der Waals surface area contributed by atoms with Gasteiger partial charge in [0.15, 0.2) is 0 Å². The summed E-state index contributed by atoms with van der Waals surface area (Å²) in [5.74, 6) is -1.44. The summed E-state index contributed by atoms with van der Waals surface area (Å²) < 4.78 is 5.00. The summed E-state index contributed by atoms with van der Waals surface area (Å²) >= 11 is 0. The van der Waals surface area contributed by atoms with Crippen LogP contribution in [0.4, 0.5) is 0 Å². The van der Waals surface area contributed by atoms with Crippen molar-refractivity contribution in [1.29, 1.82) is 0 Å². The van der Waals surface area contributed by atoms with Crippen molar-refractivity contribution >= 4 is 17.8 Å². The molecule has 132 valence electrons. The van der Waals surface area contributed by atoms with Gasteiger partial charge in [0.1, 0.15) is 19.2 Å². The summed E-state index contributed by atoms with van der Waals surface area (Å²) in [4.78, 5) is 35.5. The second kappa shape index (κ2) is 10.6. The maximum Gasteiger partial charge on any atom is 0.325 e. The Hall–Kier alpha value is -3.15. The number of hydrogen-bond donors (Lipinski definition) is 2. The molecule has 0 aliphatic carbocycles. The molecule has 0 heterocycles. The van der Waals surface area contributed by atoms with E-state index in [1.54, 1.807) is 48.6 Å². The molecule has 1 unspecified atom stereocenters. The van der Waals surface area contributed by atoms with Gasteiger partial charge in [0.05, 0.1) is 0 Å². The van der Waals surface area contributed by atoms with Crippen LogP contribution in [0.15, 0.2) is 67.3 Å². The smallest absolute Gasteiger partial charge is 0.325 e. The van der Waals surface area contributed by atoms with E-state index in [0.29, 0.717) is 11.1 Å². The fraction of sp³-hybridized carbons (Fsp3) is 0.211. The number of allylic oxidation sites excluding steroid dienone is 2. The molecule has 1 atom stereocenters. The minimum Gasteiger partial charge on any atom is -0.460 e. The van der Waals surface area contributed by atoms with Crippen LogP contribution in [0.5, 0.6) is 0 Å². The normalized spacial score (nSPS) is 11.8. The van der Waals surface area contributed by atoms with E-state index in [2.05, 4.69) is 23.8 Å². The van der Waals surface area contributed by atoms with Crippen LogP contribution in [0.2, 0.25) is 0 Å². The van der Waals surface area contributed by atoms with Gasteiger partial charge in [-0.1, -0.05) is 49.6 Å². The zero-order chi connectivity index (χ0) is 18.7. The lowest BCUT2D eigenvalue weighted by atomic mass is 10.2. The van der Waals surface area contributed by atoms with Crippen LogP contribution in [-0.2, 0) is 14.3 Å². The lowest BCUT2D eigenvalue weighted by molar-refractivity contribution is -0.143. The number of carbonyl (C=O) groups excluding carboxylic acids is 3. The van der Waals surface area contributed by atoms with Gasteiger partial charge < -0.3 is 15.4 Å². The van der Waals surface area contributed by atoms with Gasteiger partial charge in [0, 0.05) is 5.56 Å². The molecule has 0 radical (unpaired) electrons. The summed E-state index contributed by atoms with van der Waals surface area (Å²) in [5, 5.41) is 4.98. The predicted molar refractivity (Wildman–Crippen MR) is 95.8 cm³/mol. The number of ether oxygens (including phenoxy) is 1. The molecule has 0 aliphatic rings. The first kappa shape index (κ1) is 19.9. The number of esters is 1. The molecular formula is C19H22N2O4. The molecule has 0 saturated carbocycles. The van der Waals surface area contributed by atoms with Crippen molar-refractivity contribution < 1.29 is 19.1 Å². The van der Waals surface area contributed by atoms with Gasteiger partial charge in [-0.05, 0) is 24.6 Å². The molecule has 0 aliphatic heterocycles. The van der Waals surface area contributed by atoms with E-state index in [1.807, 2.05) is 0 Å². The Morgan fingerprint density at radius 1 is 1.20 bits per heavy atom. The predicted octanol–water partition coefficient (Wildman–Crippen LogP) is 1.76. The minimum absolute atomic E-state index is 0.0462. The van der Waals surface area contributed by atoms with Crippen LogP contribution < -0.4 is 10.6 Å². The first-order valence-electron chi connectivity index (χ1n) is 7.71. The molecule has 2 N–H and O–H groups in total.